The van der Waals surface area contributed by atoms with Crippen LogP contribution in [0.1, 0.15) is 23.3 Å². The first-order valence-electron chi connectivity index (χ1n) is 13.8. The highest BCUT2D eigenvalue weighted by Crippen LogP contribution is 2.27. The predicted octanol–water partition coefficient (Wildman–Crippen LogP) is 4.10. The van der Waals surface area contributed by atoms with Gasteiger partial charge in [-0.3, -0.25) is 9.59 Å². The maximum absolute atomic E-state index is 14.0. The molecule has 0 spiro atoms. The van der Waals surface area contributed by atoms with Crippen LogP contribution in [0, 0.1) is 0 Å². The predicted molar refractivity (Wildman–Crippen MR) is 176 cm³/mol. The number of carbonyl (C=O) groups is 4. The van der Waals surface area contributed by atoms with E-state index < -0.39 is 104 Å². The average molecular weight is 830 g/mol. The summed E-state index contributed by atoms with van der Waals surface area (Å²) in [6.45, 7) is -3.96. The number of hydrogen-bond donors (Lipinski definition) is 2. The average Bonchev–Trinajstić information content (AvgIpc) is 3.05. The number of halogens is 6. The van der Waals surface area contributed by atoms with E-state index in [4.69, 9.17) is 65.4 Å². The molecule has 0 aliphatic carbocycles. The maximum atomic E-state index is 14.0. The first kappa shape index (κ1) is 43.0. The van der Waals surface area contributed by atoms with E-state index >= 15 is 0 Å². The molecule has 0 bridgehead atoms. The fourth-order valence-electron chi connectivity index (χ4n) is 3.98. The molecule has 4 atom stereocenters. The molecule has 2 aromatic rings. The van der Waals surface area contributed by atoms with Crippen molar-refractivity contribution in [2.75, 3.05) is 39.1 Å². The molecule has 2 amide bonds. The van der Waals surface area contributed by atoms with Crippen molar-refractivity contribution in [1.29, 1.82) is 0 Å². The molecule has 0 fully saturated rings. The molecule has 0 aliphatic rings. The number of carbonyl (C=O) groups excluding carboxylic acids is 4. The zero-order valence-corrected chi connectivity index (χ0v) is 30.6. The topological polar surface area (TPSA) is 198 Å². The van der Waals surface area contributed by atoms with Crippen molar-refractivity contribution in [1.82, 2.24) is 10.6 Å². The lowest BCUT2D eigenvalue weighted by atomic mass is 10.0. The minimum Gasteiger partial charge on any atom is -0.431 e. The Hall–Kier alpha value is -3.16. The Morgan fingerprint density at radius 1 is 0.620 bits per heavy atom. The van der Waals surface area contributed by atoms with E-state index in [2.05, 4.69) is 10.6 Å². The van der Waals surface area contributed by atoms with Crippen LogP contribution < -0.4 is 10.6 Å². The summed E-state index contributed by atoms with van der Waals surface area (Å²) in [6.07, 6.45) is -4.17. The van der Waals surface area contributed by atoms with E-state index in [9.17, 15) is 44.8 Å². The summed E-state index contributed by atoms with van der Waals surface area (Å²) in [5.74, 6) is -2.05. The third kappa shape index (κ3) is 13.5. The van der Waals surface area contributed by atoms with Crippen LogP contribution in [0.5, 0.6) is 0 Å². The minimum absolute atomic E-state index is 0.0394. The van der Waals surface area contributed by atoms with Crippen molar-refractivity contribution in [3.8, 4) is 0 Å². The zero-order chi connectivity index (χ0) is 37.8. The van der Waals surface area contributed by atoms with Gasteiger partial charge in [-0.25, -0.2) is 35.2 Å². The SMILES string of the molecule is CS(=O)(=O)c1ccc([C@@H](OC(=O)OCCOC(=O)O[C@H](c2ccc(S(C)(=O)=O)cc2)[C@@H](CF)NC(=O)C(Cl)Cl)[C@@H](CF)NC(=O)C(Cl)Cl)cc1. The van der Waals surface area contributed by atoms with Crippen molar-refractivity contribution >= 4 is 90.2 Å². The van der Waals surface area contributed by atoms with Gasteiger partial charge in [-0.2, -0.15) is 0 Å². The number of nitrogens with one attached hydrogen (secondary N) is 2. The van der Waals surface area contributed by atoms with Crippen LogP contribution in [0.2, 0.25) is 0 Å². The number of sulfone groups is 2. The number of hydrogen-bond acceptors (Lipinski definition) is 12. The zero-order valence-electron chi connectivity index (χ0n) is 25.9. The lowest BCUT2D eigenvalue weighted by Gasteiger charge is -2.26. The lowest BCUT2D eigenvalue weighted by Crippen LogP contribution is -2.44. The van der Waals surface area contributed by atoms with Crippen LogP contribution in [0.3, 0.4) is 0 Å². The normalized spacial score (nSPS) is 14.2. The van der Waals surface area contributed by atoms with E-state index in [-0.39, 0.29) is 20.9 Å². The second kappa shape index (κ2) is 19.4. The van der Waals surface area contributed by atoms with Crippen LogP contribution in [0.15, 0.2) is 58.3 Å². The summed E-state index contributed by atoms with van der Waals surface area (Å²) in [7, 11) is -7.25. The number of benzene rings is 2. The van der Waals surface area contributed by atoms with Crippen LogP contribution in [-0.2, 0) is 48.2 Å². The maximum Gasteiger partial charge on any atom is 0.509 e. The van der Waals surface area contributed by atoms with E-state index in [1.54, 1.807) is 0 Å². The molecule has 0 saturated heterocycles. The van der Waals surface area contributed by atoms with E-state index in [1.165, 1.54) is 24.3 Å². The molecule has 0 aliphatic heterocycles. The fourth-order valence-corrected chi connectivity index (χ4v) is 5.49. The summed E-state index contributed by atoms with van der Waals surface area (Å²) in [5.41, 5.74) is 0.0789. The van der Waals surface area contributed by atoms with Gasteiger partial charge in [-0.15, -0.1) is 0 Å². The Bertz CT molecular complexity index is 1580. The smallest absolute Gasteiger partial charge is 0.431 e. The van der Waals surface area contributed by atoms with Crippen molar-refractivity contribution in [3.63, 3.8) is 0 Å². The Morgan fingerprint density at radius 3 is 1.16 bits per heavy atom. The number of ether oxygens (including phenoxy) is 4. The Kier molecular flexibility index (Phi) is 16.7. The van der Waals surface area contributed by atoms with Crippen molar-refractivity contribution in [3.05, 3.63) is 59.7 Å². The highest BCUT2D eigenvalue weighted by molar-refractivity contribution is 7.91. The monoisotopic (exact) mass is 828 g/mol. The fraction of sp³-hybridized carbons (Fsp3) is 0.429. The summed E-state index contributed by atoms with van der Waals surface area (Å²) >= 11 is 22.1. The van der Waals surface area contributed by atoms with E-state index in [0.29, 0.717) is 0 Å². The summed E-state index contributed by atoms with van der Waals surface area (Å²) < 4.78 is 95.5. The van der Waals surface area contributed by atoms with Crippen LogP contribution in [-0.4, -0.2) is 102 Å². The summed E-state index contributed by atoms with van der Waals surface area (Å²) in [4.78, 5) is 45.7. The van der Waals surface area contributed by atoms with Gasteiger partial charge in [0.25, 0.3) is 11.8 Å². The highest BCUT2D eigenvalue weighted by Gasteiger charge is 2.33. The summed E-state index contributed by atoms with van der Waals surface area (Å²) in [6, 6.07) is 6.33. The molecule has 0 saturated carbocycles. The van der Waals surface area contributed by atoms with Gasteiger partial charge in [-0.05, 0) is 35.4 Å². The van der Waals surface area contributed by atoms with Gasteiger partial charge >= 0.3 is 12.3 Å². The molecule has 0 unspecified atom stereocenters. The third-order valence-corrected chi connectivity index (χ3v) is 9.41. The van der Waals surface area contributed by atoms with Crippen LogP contribution >= 0.6 is 46.4 Å². The molecule has 2 aromatic carbocycles. The number of rotatable bonds is 17. The van der Waals surface area contributed by atoms with Crippen molar-refractivity contribution in [2.24, 2.45) is 0 Å². The molecule has 2 N–H and O–H groups in total. The molecule has 0 aromatic heterocycles. The molecule has 2 rings (SSSR count). The van der Waals surface area contributed by atoms with Gasteiger partial charge in [0.15, 0.2) is 41.6 Å². The van der Waals surface area contributed by atoms with Gasteiger partial charge in [0, 0.05) is 12.5 Å². The molecular formula is C28H30Cl4F2N2O12S2. The standard InChI is InChI=1S/C28H30Cl4F2N2O12S2/c1-49(41,42)17-7-3-15(4-8-17)21(19(13-33)35-25(37)23(29)30)47-27(39)45-11-12-46-28(40)48-22(20(14-34)36-26(38)24(31)32)16-5-9-18(10-6-16)50(2,43)44/h3-10,19-24H,11-14H2,1-2H3,(H,35,37)(H,36,38)/t19-,20-,21-,22-/m1/s1. The molecule has 0 heterocycles. The van der Waals surface area contributed by atoms with Gasteiger partial charge in [0.1, 0.15) is 26.6 Å². The quantitative estimate of drug-likeness (QED) is 0.132. The first-order chi connectivity index (χ1) is 23.3. The van der Waals surface area contributed by atoms with Crippen LogP contribution in [0.25, 0.3) is 0 Å². The molecule has 22 heteroatoms. The second-order valence-corrected chi connectivity index (χ2v) is 16.3. The Morgan fingerprint density at radius 2 is 0.920 bits per heavy atom. The first-order valence-corrected chi connectivity index (χ1v) is 19.4. The molecular weight excluding hydrogens is 800 g/mol. The minimum atomic E-state index is -3.62. The highest BCUT2D eigenvalue weighted by atomic mass is 35.5. The van der Waals surface area contributed by atoms with Gasteiger partial charge < -0.3 is 29.6 Å². The number of alkyl halides is 6. The van der Waals surface area contributed by atoms with Gasteiger partial charge in [0.2, 0.25) is 0 Å². The van der Waals surface area contributed by atoms with E-state index in [1.807, 2.05) is 0 Å². The molecule has 50 heavy (non-hydrogen) atoms. The van der Waals surface area contributed by atoms with Crippen molar-refractivity contribution < 1.29 is 63.7 Å². The second-order valence-electron chi connectivity index (χ2n) is 10.1. The lowest BCUT2D eigenvalue weighted by molar-refractivity contribution is -0.122. The largest absolute Gasteiger partial charge is 0.509 e. The van der Waals surface area contributed by atoms with Crippen molar-refractivity contribution in [2.45, 2.75) is 43.8 Å². The Balaban J connectivity index is 2.14. The molecule has 14 nitrogen and oxygen atoms in total. The summed E-state index contributed by atoms with van der Waals surface area (Å²) in [5, 5.41) is 4.32. The Labute approximate surface area is 305 Å². The molecule has 0 radical (unpaired) electrons. The molecule has 278 valence electrons. The number of amides is 2. The van der Waals surface area contributed by atoms with Crippen LogP contribution in [0.4, 0.5) is 18.4 Å². The van der Waals surface area contributed by atoms with Gasteiger partial charge in [-0.1, -0.05) is 70.7 Å². The third-order valence-electron chi connectivity index (χ3n) is 6.36. The van der Waals surface area contributed by atoms with E-state index in [0.717, 1.165) is 36.8 Å². The van der Waals surface area contributed by atoms with Gasteiger partial charge in [0.05, 0.1) is 21.9 Å².